The SMILES string of the molecule is CCOc1ccc(CC(=O)N2C3CCNCC2CC3)cc1. The number of hydrogen-bond donors (Lipinski definition) is 1. The van der Waals surface area contributed by atoms with E-state index in [4.69, 9.17) is 4.74 Å². The highest BCUT2D eigenvalue weighted by atomic mass is 16.5. The Morgan fingerprint density at radius 3 is 2.76 bits per heavy atom. The number of carbonyl (C=O) groups excluding carboxylic acids is 1. The number of hydrogen-bond acceptors (Lipinski definition) is 3. The molecule has 4 nitrogen and oxygen atoms in total. The van der Waals surface area contributed by atoms with Gasteiger partial charge in [0.2, 0.25) is 5.91 Å². The molecule has 0 aliphatic carbocycles. The molecule has 3 rings (SSSR count). The molecule has 2 fully saturated rings. The predicted molar refractivity (Wildman–Crippen MR) is 82.5 cm³/mol. The van der Waals surface area contributed by atoms with E-state index in [2.05, 4.69) is 10.2 Å². The smallest absolute Gasteiger partial charge is 0.227 e. The van der Waals surface area contributed by atoms with Gasteiger partial charge < -0.3 is 15.0 Å². The van der Waals surface area contributed by atoms with E-state index in [1.165, 1.54) is 6.42 Å². The molecule has 2 aliphatic heterocycles. The molecule has 1 N–H and O–H groups in total. The molecule has 0 aromatic heterocycles. The zero-order valence-corrected chi connectivity index (χ0v) is 12.7. The number of benzene rings is 1. The van der Waals surface area contributed by atoms with E-state index in [0.717, 1.165) is 37.2 Å². The summed E-state index contributed by atoms with van der Waals surface area (Å²) >= 11 is 0. The number of amides is 1. The molecular formula is C17H24N2O2. The third-order valence-corrected chi connectivity index (χ3v) is 4.53. The van der Waals surface area contributed by atoms with Crippen LogP contribution in [0.3, 0.4) is 0 Å². The minimum atomic E-state index is 0.273. The Bertz CT molecular complexity index is 472. The van der Waals surface area contributed by atoms with Crippen molar-refractivity contribution in [3.8, 4) is 5.75 Å². The summed E-state index contributed by atoms with van der Waals surface area (Å²) in [4.78, 5) is 14.8. The van der Waals surface area contributed by atoms with Gasteiger partial charge in [0, 0.05) is 18.6 Å². The lowest BCUT2D eigenvalue weighted by Crippen LogP contribution is -2.43. The largest absolute Gasteiger partial charge is 0.494 e. The van der Waals surface area contributed by atoms with Crippen molar-refractivity contribution in [1.82, 2.24) is 10.2 Å². The summed E-state index contributed by atoms with van der Waals surface area (Å²) < 4.78 is 5.44. The van der Waals surface area contributed by atoms with Gasteiger partial charge in [-0.3, -0.25) is 4.79 Å². The Morgan fingerprint density at radius 1 is 1.24 bits per heavy atom. The van der Waals surface area contributed by atoms with Crippen LogP contribution in [0.25, 0.3) is 0 Å². The summed E-state index contributed by atoms with van der Waals surface area (Å²) in [6.07, 6.45) is 3.90. The molecule has 114 valence electrons. The van der Waals surface area contributed by atoms with Crippen molar-refractivity contribution in [3.05, 3.63) is 29.8 Å². The van der Waals surface area contributed by atoms with E-state index < -0.39 is 0 Å². The van der Waals surface area contributed by atoms with E-state index in [1.807, 2.05) is 31.2 Å². The van der Waals surface area contributed by atoms with Gasteiger partial charge in [-0.15, -0.1) is 0 Å². The third-order valence-electron chi connectivity index (χ3n) is 4.53. The molecule has 21 heavy (non-hydrogen) atoms. The summed E-state index contributed by atoms with van der Waals surface area (Å²) in [7, 11) is 0. The van der Waals surface area contributed by atoms with Crippen molar-refractivity contribution >= 4 is 5.91 Å². The Kier molecular flexibility index (Phi) is 4.44. The highest BCUT2D eigenvalue weighted by molar-refractivity contribution is 5.80. The van der Waals surface area contributed by atoms with Crippen LogP contribution in [-0.4, -0.2) is 42.6 Å². The van der Waals surface area contributed by atoms with Gasteiger partial charge in [0.05, 0.1) is 13.0 Å². The monoisotopic (exact) mass is 288 g/mol. The standard InChI is InChI=1S/C17H24N2O2/c1-2-21-16-7-3-13(4-8-16)11-17(20)19-14-5-6-15(19)12-18-10-9-14/h3-4,7-8,14-15,18H,2,5-6,9-12H2,1H3. The Balaban J connectivity index is 1.65. The van der Waals surface area contributed by atoms with Crippen molar-refractivity contribution in [2.45, 2.75) is 44.7 Å². The van der Waals surface area contributed by atoms with Crippen LogP contribution in [0.2, 0.25) is 0 Å². The Hall–Kier alpha value is -1.55. The van der Waals surface area contributed by atoms with Crippen molar-refractivity contribution in [3.63, 3.8) is 0 Å². The van der Waals surface area contributed by atoms with Gasteiger partial charge in [0.15, 0.2) is 0 Å². The van der Waals surface area contributed by atoms with E-state index >= 15 is 0 Å². The molecule has 1 aromatic carbocycles. The van der Waals surface area contributed by atoms with Crippen LogP contribution in [-0.2, 0) is 11.2 Å². The second-order valence-corrected chi connectivity index (χ2v) is 5.93. The molecule has 1 aromatic rings. The second-order valence-electron chi connectivity index (χ2n) is 5.93. The maximum absolute atomic E-state index is 12.7. The molecule has 0 radical (unpaired) electrons. The number of ether oxygens (including phenoxy) is 1. The molecule has 2 saturated heterocycles. The van der Waals surface area contributed by atoms with Crippen molar-refractivity contribution in [1.29, 1.82) is 0 Å². The summed E-state index contributed by atoms with van der Waals surface area (Å²) in [5.74, 6) is 1.14. The third kappa shape index (κ3) is 3.21. The van der Waals surface area contributed by atoms with Crippen LogP contribution < -0.4 is 10.1 Å². The topological polar surface area (TPSA) is 41.6 Å². The summed E-state index contributed by atoms with van der Waals surface area (Å²) in [5.41, 5.74) is 1.07. The molecule has 2 aliphatic rings. The number of carbonyl (C=O) groups is 1. The fraction of sp³-hybridized carbons (Fsp3) is 0.588. The molecule has 2 heterocycles. The molecular weight excluding hydrogens is 264 g/mol. The highest BCUT2D eigenvalue weighted by Crippen LogP contribution is 2.28. The molecule has 0 saturated carbocycles. The van der Waals surface area contributed by atoms with E-state index in [9.17, 15) is 4.79 Å². The molecule has 0 spiro atoms. The van der Waals surface area contributed by atoms with Gasteiger partial charge >= 0.3 is 0 Å². The second kappa shape index (κ2) is 6.48. The Labute approximate surface area is 126 Å². The van der Waals surface area contributed by atoms with Gasteiger partial charge in [0.25, 0.3) is 0 Å². The quantitative estimate of drug-likeness (QED) is 0.921. The van der Waals surface area contributed by atoms with Crippen LogP contribution in [0.15, 0.2) is 24.3 Å². The molecule has 2 atom stereocenters. The zero-order valence-electron chi connectivity index (χ0n) is 12.7. The number of rotatable bonds is 4. The number of nitrogens with one attached hydrogen (secondary N) is 1. The molecule has 2 unspecified atom stereocenters. The average molecular weight is 288 g/mol. The van der Waals surface area contributed by atoms with Crippen LogP contribution in [0.4, 0.5) is 0 Å². The fourth-order valence-electron chi connectivity index (χ4n) is 3.53. The summed E-state index contributed by atoms with van der Waals surface area (Å²) in [5, 5.41) is 3.44. The first-order valence-corrected chi connectivity index (χ1v) is 8.01. The number of nitrogens with zero attached hydrogens (tertiary/aromatic N) is 1. The molecule has 1 amide bonds. The predicted octanol–water partition coefficient (Wildman–Crippen LogP) is 1.98. The molecule has 4 heteroatoms. The minimum absolute atomic E-state index is 0.273. The zero-order chi connectivity index (χ0) is 14.7. The first-order valence-electron chi connectivity index (χ1n) is 8.01. The maximum atomic E-state index is 12.7. The molecule has 2 bridgehead atoms. The van der Waals surface area contributed by atoms with Crippen LogP contribution >= 0.6 is 0 Å². The van der Waals surface area contributed by atoms with Crippen LogP contribution in [0, 0.1) is 0 Å². The van der Waals surface area contributed by atoms with Gasteiger partial charge in [-0.2, -0.15) is 0 Å². The van der Waals surface area contributed by atoms with Gasteiger partial charge in [-0.05, 0) is 50.4 Å². The highest BCUT2D eigenvalue weighted by Gasteiger charge is 2.37. The fourth-order valence-corrected chi connectivity index (χ4v) is 3.53. The van der Waals surface area contributed by atoms with E-state index in [1.54, 1.807) is 0 Å². The van der Waals surface area contributed by atoms with Gasteiger partial charge in [-0.1, -0.05) is 12.1 Å². The first-order chi connectivity index (χ1) is 10.3. The van der Waals surface area contributed by atoms with Crippen molar-refractivity contribution in [2.24, 2.45) is 0 Å². The van der Waals surface area contributed by atoms with Crippen molar-refractivity contribution < 1.29 is 9.53 Å². The van der Waals surface area contributed by atoms with Gasteiger partial charge in [-0.25, -0.2) is 0 Å². The van der Waals surface area contributed by atoms with E-state index in [0.29, 0.717) is 25.1 Å². The van der Waals surface area contributed by atoms with Crippen LogP contribution in [0.1, 0.15) is 31.7 Å². The average Bonchev–Trinajstić information content (AvgIpc) is 2.74. The number of fused-ring (bicyclic) bond motifs is 2. The first kappa shape index (κ1) is 14.4. The lowest BCUT2D eigenvalue weighted by atomic mass is 10.1. The van der Waals surface area contributed by atoms with Gasteiger partial charge in [0.1, 0.15) is 5.75 Å². The lowest BCUT2D eigenvalue weighted by Gasteiger charge is -2.28. The summed E-state index contributed by atoms with van der Waals surface area (Å²) in [6, 6.07) is 8.74. The minimum Gasteiger partial charge on any atom is -0.494 e. The van der Waals surface area contributed by atoms with E-state index in [-0.39, 0.29) is 5.91 Å². The summed E-state index contributed by atoms with van der Waals surface area (Å²) in [6.45, 7) is 4.63. The lowest BCUT2D eigenvalue weighted by molar-refractivity contribution is -0.133. The van der Waals surface area contributed by atoms with Crippen molar-refractivity contribution in [2.75, 3.05) is 19.7 Å². The Morgan fingerprint density at radius 2 is 2.00 bits per heavy atom. The van der Waals surface area contributed by atoms with Crippen LogP contribution in [0.5, 0.6) is 5.75 Å². The maximum Gasteiger partial charge on any atom is 0.227 e. The normalized spacial score (nSPS) is 24.7.